The number of carbonyl (C=O) groups excluding carboxylic acids is 1. The SMILES string of the molecule is O=C1c2c(Br)cccc2CN1Cc1cccc(-c2ccccc2)c1. The zero-order valence-corrected chi connectivity index (χ0v) is 14.7. The lowest BCUT2D eigenvalue weighted by molar-refractivity contribution is 0.0766. The van der Waals surface area contributed by atoms with Crippen molar-refractivity contribution in [3.05, 3.63) is 94.0 Å². The van der Waals surface area contributed by atoms with Crippen molar-refractivity contribution in [3.8, 4) is 11.1 Å². The first-order chi connectivity index (χ1) is 11.7. The van der Waals surface area contributed by atoms with E-state index in [1.807, 2.05) is 41.3 Å². The van der Waals surface area contributed by atoms with E-state index in [0.717, 1.165) is 21.2 Å². The van der Waals surface area contributed by atoms with Gasteiger partial charge in [-0.25, -0.2) is 0 Å². The highest BCUT2D eigenvalue weighted by Gasteiger charge is 2.29. The molecule has 3 aromatic carbocycles. The Morgan fingerprint density at radius 3 is 2.42 bits per heavy atom. The minimum atomic E-state index is 0.0996. The van der Waals surface area contributed by atoms with Crippen LogP contribution in [0.15, 0.2) is 77.3 Å². The number of hydrogen-bond donors (Lipinski definition) is 0. The summed E-state index contributed by atoms with van der Waals surface area (Å²) in [5, 5.41) is 0. The fourth-order valence-electron chi connectivity index (χ4n) is 3.20. The van der Waals surface area contributed by atoms with Crippen molar-refractivity contribution in [1.82, 2.24) is 4.90 Å². The van der Waals surface area contributed by atoms with Gasteiger partial charge in [0.1, 0.15) is 0 Å². The van der Waals surface area contributed by atoms with E-state index in [2.05, 4.69) is 52.3 Å². The summed E-state index contributed by atoms with van der Waals surface area (Å²) in [6.07, 6.45) is 0. The maximum absolute atomic E-state index is 12.7. The Morgan fingerprint density at radius 2 is 1.62 bits per heavy atom. The molecule has 24 heavy (non-hydrogen) atoms. The lowest BCUT2D eigenvalue weighted by Gasteiger charge is -2.16. The van der Waals surface area contributed by atoms with Crippen molar-refractivity contribution in [1.29, 1.82) is 0 Å². The van der Waals surface area contributed by atoms with Crippen LogP contribution in [-0.4, -0.2) is 10.8 Å². The van der Waals surface area contributed by atoms with Gasteiger partial charge in [-0.3, -0.25) is 4.79 Å². The second kappa shape index (κ2) is 6.25. The summed E-state index contributed by atoms with van der Waals surface area (Å²) < 4.78 is 0.880. The van der Waals surface area contributed by atoms with Gasteiger partial charge in [0.15, 0.2) is 0 Å². The molecular formula is C21H16BrNO. The summed E-state index contributed by atoms with van der Waals surface area (Å²) in [7, 11) is 0. The largest absolute Gasteiger partial charge is 0.330 e. The van der Waals surface area contributed by atoms with E-state index in [1.54, 1.807) is 0 Å². The van der Waals surface area contributed by atoms with Gasteiger partial charge in [-0.05, 0) is 50.3 Å². The van der Waals surface area contributed by atoms with Crippen molar-refractivity contribution in [2.75, 3.05) is 0 Å². The topological polar surface area (TPSA) is 20.3 Å². The number of fused-ring (bicyclic) bond motifs is 1. The van der Waals surface area contributed by atoms with Crippen LogP contribution in [0.2, 0.25) is 0 Å². The van der Waals surface area contributed by atoms with Crippen LogP contribution in [0.25, 0.3) is 11.1 Å². The molecule has 0 fully saturated rings. The molecule has 0 aliphatic carbocycles. The Hall–Kier alpha value is -2.39. The Bertz CT molecular complexity index is 905. The second-order valence-corrected chi connectivity index (χ2v) is 6.86. The molecule has 0 radical (unpaired) electrons. The van der Waals surface area contributed by atoms with E-state index in [0.29, 0.717) is 13.1 Å². The van der Waals surface area contributed by atoms with E-state index in [9.17, 15) is 4.79 Å². The van der Waals surface area contributed by atoms with Gasteiger partial charge in [0.05, 0.1) is 5.56 Å². The molecule has 0 bridgehead atoms. The van der Waals surface area contributed by atoms with Crippen LogP contribution in [0.1, 0.15) is 21.5 Å². The minimum Gasteiger partial charge on any atom is -0.330 e. The maximum atomic E-state index is 12.7. The monoisotopic (exact) mass is 377 g/mol. The predicted octanol–water partition coefficient (Wildman–Crippen LogP) is 5.27. The zero-order valence-electron chi connectivity index (χ0n) is 13.1. The van der Waals surface area contributed by atoms with Gasteiger partial charge in [0, 0.05) is 17.6 Å². The van der Waals surface area contributed by atoms with Crippen LogP contribution in [0.4, 0.5) is 0 Å². The number of nitrogens with zero attached hydrogens (tertiary/aromatic N) is 1. The molecule has 2 nitrogen and oxygen atoms in total. The lowest BCUT2D eigenvalue weighted by Crippen LogP contribution is -2.23. The molecule has 3 aromatic rings. The zero-order chi connectivity index (χ0) is 16.5. The first-order valence-corrected chi connectivity index (χ1v) is 8.73. The molecule has 0 atom stereocenters. The first-order valence-electron chi connectivity index (χ1n) is 7.93. The Kier molecular flexibility index (Phi) is 3.95. The molecule has 0 N–H and O–H groups in total. The van der Waals surface area contributed by atoms with Crippen LogP contribution in [0, 0.1) is 0 Å². The molecule has 0 aromatic heterocycles. The van der Waals surface area contributed by atoms with E-state index >= 15 is 0 Å². The van der Waals surface area contributed by atoms with Gasteiger partial charge < -0.3 is 4.90 Å². The number of amides is 1. The number of rotatable bonds is 3. The molecule has 1 aliphatic heterocycles. The van der Waals surface area contributed by atoms with Crippen LogP contribution in [-0.2, 0) is 13.1 Å². The van der Waals surface area contributed by atoms with Crippen molar-refractivity contribution in [2.45, 2.75) is 13.1 Å². The summed E-state index contributed by atoms with van der Waals surface area (Å²) in [5.74, 6) is 0.0996. The van der Waals surface area contributed by atoms with Crippen LogP contribution in [0.3, 0.4) is 0 Å². The minimum absolute atomic E-state index is 0.0996. The predicted molar refractivity (Wildman–Crippen MR) is 99.6 cm³/mol. The van der Waals surface area contributed by atoms with Crippen molar-refractivity contribution >= 4 is 21.8 Å². The van der Waals surface area contributed by atoms with Gasteiger partial charge in [-0.1, -0.05) is 60.7 Å². The van der Waals surface area contributed by atoms with E-state index in [1.165, 1.54) is 11.1 Å². The highest BCUT2D eigenvalue weighted by molar-refractivity contribution is 9.10. The third-order valence-corrected chi connectivity index (χ3v) is 5.03. The highest BCUT2D eigenvalue weighted by atomic mass is 79.9. The molecule has 0 saturated carbocycles. The maximum Gasteiger partial charge on any atom is 0.255 e. The lowest BCUT2D eigenvalue weighted by atomic mass is 10.0. The molecule has 1 aliphatic rings. The normalized spacial score (nSPS) is 13.2. The summed E-state index contributed by atoms with van der Waals surface area (Å²) in [6, 6.07) is 24.7. The summed E-state index contributed by atoms with van der Waals surface area (Å²) in [6.45, 7) is 1.30. The molecular weight excluding hydrogens is 362 g/mol. The van der Waals surface area contributed by atoms with E-state index in [-0.39, 0.29) is 5.91 Å². The summed E-state index contributed by atoms with van der Waals surface area (Å²) in [4.78, 5) is 14.6. The average Bonchev–Trinajstić information content (AvgIpc) is 2.93. The van der Waals surface area contributed by atoms with Crippen LogP contribution >= 0.6 is 15.9 Å². The molecule has 118 valence electrons. The number of benzene rings is 3. The Morgan fingerprint density at radius 1 is 0.875 bits per heavy atom. The third kappa shape index (κ3) is 2.76. The molecule has 1 heterocycles. The van der Waals surface area contributed by atoms with E-state index < -0.39 is 0 Å². The van der Waals surface area contributed by atoms with Gasteiger partial charge in [-0.15, -0.1) is 0 Å². The van der Waals surface area contributed by atoms with Gasteiger partial charge >= 0.3 is 0 Å². The molecule has 0 spiro atoms. The van der Waals surface area contributed by atoms with Crippen molar-refractivity contribution in [2.24, 2.45) is 0 Å². The van der Waals surface area contributed by atoms with Crippen LogP contribution < -0.4 is 0 Å². The summed E-state index contributed by atoms with van der Waals surface area (Å²) in [5.41, 5.74) is 5.41. The fraction of sp³-hybridized carbons (Fsp3) is 0.0952. The Labute approximate surface area is 149 Å². The van der Waals surface area contributed by atoms with Crippen LogP contribution in [0.5, 0.6) is 0 Å². The van der Waals surface area contributed by atoms with E-state index in [4.69, 9.17) is 0 Å². The fourth-order valence-corrected chi connectivity index (χ4v) is 3.78. The smallest absolute Gasteiger partial charge is 0.255 e. The molecule has 3 heteroatoms. The third-order valence-electron chi connectivity index (χ3n) is 4.37. The molecule has 4 rings (SSSR count). The second-order valence-electron chi connectivity index (χ2n) is 6.00. The number of carbonyl (C=O) groups is 1. The van der Waals surface area contributed by atoms with Gasteiger partial charge in [0.2, 0.25) is 0 Å². The molecule has 0 saturated heterocycles. The highest BCUT2D eigenvalue weighted by Crippen LogP contribution is 2.30. The first kappa shape index (κ1) is 15.2. The number of hydrogen-bond acceptors (Lipinski definition) is 1. The standard InChI is InChI=1S/C21H16BrNO/c22-19-11-5-10-18-14-23(21(24)20(18)19)13-15-6-4-9-17(12-15)16-7-2-1-3-8-16/h1-12H,13-14H2. The van der Waals surface area contributed by atoms with Gasteiger partial charge in [-0.2, -0.15) is 0 Å². The summed E-state index contributed by atoms with van der Waals surface area (Å²) >= 11 is 3.50. The number of halogens is 1. The van der Waals surface area contributed by atoms with Crippen molar-refractivity contribution in [3.63, 3.8) is 0 Å². The van der Waals surface area contributed by atoms with Gasteiger partial charge in [0.25, 0.3) is 5.91 Å². The molecule has 0 unspecified atom stereocenters. The average molecular weight is 378 g/mol. The Balaban J connectivity index is 1.59. The quantitative estimate of drug-likeness (QED) is 0.608. The van der Waals surface area contributed by atoms with Crippen molar-refractivity contribution < 1.29 is 4.79 Å². The molecule has 1 amide bonds.